The van der Waals surface area contributed by atoms with E-state index in [0.717, 1.165) is 22.8 Å². The summed E-state index contributed by atoms with van der Waals surface area (Å²) in [6.07, 6.45) is 4.88. The van der Waals surface area contributed by atoms with E-state index in [0.29, 0.717) is 36.6 Å². The summed E-state index contributed by atoms with van der Waals surface area (Å²) in [6.45, 7) is 8.44. The van der Waals surface area contributed by atoms with Gasteiger partial charge in [0.25, 0.3) is 0 Å². The predicted octanol–water partition coefficient (Wildman–Crippen LogP) is 6.01. The van der Waals surface area contributed by atoms with Gasteiger partial charge in [-0.05, 0) is 71.3 Å². The average Bonchev–Trinajstić information content (AvgIpc) is 3.09. The number of aryl methyl sites for hydroxylation is 1. The van der Waals surface area contributed by atoms with Gasteiger partial charge in [0, 0.05) is 6.42 Å². The second kappa shape index (κ2) is 8.66. The number of benzene rings is 2. The maximum atomic E-state index is 10.7. The van der Waals surface area contributed by atoms with Crippen molar-refractivity contribution in [2.45, 2.75) is 72.2 Å². The molecule has 4 heteroatoms. The summed E-state index contributed by atoms with van der Waals surface area (Å²) in [6, 6.07) is 16.1. The summed E-state index contributed by atoms with van der Waals surface area (Å²) in [5.41, 5.74) is 4.01. The first-order valence-electron chi connectivity index (χ1n) is 11.4. The van der Waals surface area contributed by atoms with Gasteiger partial charge in [0.2, 0.25) is 0 Å². The Morgan fingerprint density at radius 2 is 1.58 bits per heavy atom. The van der Waals surface area contributed by atoms with Gasteiger partial charge in [-0.1, -0.05) is 57.2 Å². The average molecular weight is 423 g/mol. The highest BCUT2D eigenvalue weighted by Crippen LogP contribution is 2.66. The van der Waals surface area contributed by atoms with Gasteiger partial charge in [0.1, 0.15) is 12.4 Å². The van der Waals surface area contributed by atoms with E-state index >= 15 is 0 Å². The first-order chi connectivity index (χ1) is 14.8. The van der Waals surface area contributed by atoms with Gasteiger partial charge in [-0.15, -0.1) is 0 Å². The van der Waals surface area contributed by atoms with Gasteiger partial charge in [0.05, 0.1) is 12.7 Å². The molecule has 1 N–H and O–H groups in total. The van der Waals surface area contributed by atoms with Gasteiger partial charge < -0.3 is 14.6 Å². The fraction of sp³-hybridized carbons (Fsp3) is 0.519. The molecule has 0 radical (unpaired) electrons. The lowest BCUT2D eigenvalue weighted by Crippen LogP contribution is -2.37. The van der Waals surface area contributed by atoms with Crippen LogP contribution in [0.2, 0.25) is 0 Å². The number of hydrogen-bond acceptors (Lipinski definition) is 3. The summed E-state index contributed by atoms with van der Waals surface area (Å²) >= 11 is 0. The molecular formula is C27H34O4. The summed E-state index contributed by atoms with van der Waals surface area (Å²) in [5.74, 6) is 0.814. The highest BCUT2D eigenvalue weighted by molar-refractivity contribution is 5.67. The van der Waals surface area contributed by atoms with Crippen molar-refractivity contribution in [3.63, 3.8) is 0 Å². The van der Waals surface area contributed by atoms with Crippen LogP contribution in [-0.4, -0.2) is 17.2 Å². The minimum absolute atomic E-state index is 0.147. The fourth-order valence-corrected chi connectivity index (χ4v) is 5.48. The maximum Gasteiger partial charge on any atom is 0.303 e. The molecule has 3 atom stereocenters. The standard InChI is InChI=1S/C27H34O4/c1-26(2)22-14-15-27(26,3)24(16-22)31-18-21-6-4-20(5-7-21)17-30-23-11-8-19(9-12-23)10-13-25(28)29/h4-9,11-12,22,24H,10,13-18H2,1-3H3,(H,28,29)/t22-,24-,27+/m1/s1. The first-order valence-corrected chi connectivity index (χ1v) is 11.4. The van der Waals surface area contributed by atoms with Crippen molar-refractivity contribution in [1.82, 2.24) is 0 Å². The number of aliphatic carboxylic acids is 1. The van der Waals surface area contributed by atoms with Crippen molar-refractivity contribution >= 4 is 5.97 Å². The van der Waals surface area contributed by atoms with Crippen LogP contribution in [0.15, 0.2) is 48.5 Å². The van der Waals surface area contributed by atoms with Crippen molar-refractivity contribution < 1.29 is 19.4 Å². The van der Waals surface area contributed by atoms with Crippen LogP contribution in [0.25, 0.3) is 0 Å². The van der Waals surface area contributed by atoms with Crippen molar-refractivity contribution in [2.75, 3.05) is 0 Å². The highest BCUT2D eigenvalue weighted by atomic mass is 16.5. The van der Waals surface area contributed by atoms with Crippen LogP contribution in [0.3, 0.4) is 0 Å². The maximum absolute atomic E-state index is 10.7. The smallest absolute Gasteiger partial charge is 0.303 e. The van der Waals surface area contributed by atoms with Crippen LogP contribution in [0.5, 0.6) is 5.75 Å². The Balaban J connectivity index is 1.25. The van der Waals surface area contributed by atoms with E-state index in [9.17, 15) is 4.79 Å². The number of carboxylic acid groups (broad SMARTS) is 1. The zero-order valence-corrected chi connectivity index (χ0v) is 18.9. The largest absolute Gasteiger partial charge is 0.489 e. The lowest BCUT2D eigenvalue weighted by molar-refractivity contribution is -0.136. The van der Waals surface area contributed by atoms with Crippen LogP contribution in [-0.2, 0) is 29.2 Å². The van der Waals surface area contributed by atoms with E-state index in [-0.39, 0.29) is 6.42 Å². The van der Waals surface area contributed by atoms with Crippen molar-refractivity contribution in [3.05, 3.63) is 65.2 Å². The Labute approximate surface area is 185 Å². The zero-order valence-electron chi connectivity index (χ0n) is 18.9. The van der Waals surface area contributed by atoms with E-state index in [1.807, 2.05) is 24.3 Å². The zero-order chi connectivity index (χ0) is 22.1. The molecule has 2 saturated carbocycles. The van der Waals surface area contributed by atoms with Crippen LogP contribution < -0.4 is 4.74 Å². The minimum Gasteiger partial charge on any atom is -0.489 e. The van der Waals surface area contributed by atoms with Crippen LogP contribution in [0.1, 0.15) is 63.1 Å². The molecular weight excluding hydrogens is 388 g/mol. The first kappa shape index (κ1) is 21.9. The molecule has 2 aromatic carbocycles. The minimum atomic E-state index is -0.775. The topological polar surface area (TPSA) is 55.8 Å². The van der Waals surface area contributed by atoms with Crippen LogP contribution in [0, 0.1) is 16.7 Å². The highest BCUT2D eigenvalue weighted by Gasteiger charge is 2.61. The molecule has 4 nitrogen and oxygen atoms in total. The Kier molecular flexibility index (Phi) is 6.11. The molecule has 2 aliphatic rings. The number of carboxylic acids is 1. The summed E-state index contributed by atoms with van der Waals surface area (Å²) in [4.78, 5) is 10.7. The monoisotopic (exact) mass is 422 g/mol. The van der Waals surface area contributed by atoms with Gasteiger partial charge in [-0.25, -0.2) is 0 Å². The van der Waals surface area contributed by atoms with E-state index in [1.54, 1.807) is 0 Å². The number of hydrogen-bond donors (Lipinski definition) is 1. The molecule has 0 amide bonds. The van der Waals surface area contributed by atoms with Crippen molar-refractivity contribution in [1.29, 1.82) is 0 Å². The lowest BCUT2D eigenvalue weighted by Gasteiger charge is -2.38. The van der Waals surface area contributed by atoms with Crippen molar-refractivity contribution in [3.8, 4) is 5.75 Å². The Morgan fingerprint density at radius 1 is 0.968 bits per heavy atom. The fourth-order valence-electron chi connectivity index (χ4n) is 5.48. The third kappa shape index (κ3) is 4.50. The molecule has 166 valence electrons. The predicted molar refractivity (Wildman–Crippen MR) is 121 cm³/mol. The number of rotatable bonds is 9. The van der Waals surface area contributed by atoms with Gasteiger partial charge in [0.15, 0.2) is 0 Å². The third-order valence-corrected chi connectivity index (χ3v) is 8.14. The Hall–Kier alpha value is -2.33. The Morgan fingerprint density at radius 3 is 2.13 bits per heavy atom. The van der Waals surface area contributed by atoms with Crippen LogP contribution in [0.4, 0.5) is 0 Å². The molecule has 4 rings (SSSR count). The summed E-state index contributed by atoms with van der Waals surface area (Å²) in [5, 5.41) is 8.77. The molecule has 0 spiro atoms. The van der Waals surface area contributed by atoms with Crippen LogP contribution >= 0.6 is 0 Å². The number of ether oxygens (including phenoxy) is 2. The molecule has 0 aliphatic heterocycles. The van der Waals surface area contributed by atoms with E-state index < -0.39 is 5.97 Å². The number of carbonyl (C=O) groups is 1. The van der Waals surface area contributed by atoms with Gasteiger partial charge in [-0.3, -0.25) is 4.79 Å². The second-order valence-corrected chi connectivity index (χ2v) is 10.1. The molecule has 31 heavy (non-hydrogen) atoms. The summed E-state index contributed by atoms with van der Waals surface area (Å²) < 4.78 is 12.3. The molecule has 0 unspecified atom stereocenters. The quantitative estimate of drug-likeness (QED) is 0.537. The molecule has 2 aliphatic carbocycles. The SMILES string of the molecule is CC1(C)[C@@H]2CC[C@@]1(C)[C@H](OCc1ccc(COc3ccc(CCC(=O)O)cc3)cc1)C2. The Bertz CT molecular complexity index is 900. The molecule has 0 saturated heterocycles. The second-order valence-electron chi connectivity index (χ2n) is 10.1. The van der Waals surface area contributed by atoms with Gasteiger partial charge >= 0.3 is 5.97 Å². The van der Waals surface area contributed by atoms with Crippen molar-refractivity contribution in [2.24, 2.45) is 16.7 Å². The lowest BCUT2D eigenvalue weighted by atomic mass is 9.70. The molecule has 0 aromatic heterocycles. The summed E-state index contributed by atoms with van der Waals surface area (Å²) in [7, 11) is 0. The van der Waals surface area contributed by atoms with E-state index in [4.69, 9.17) is 14.6 Å². The molecule has 2 aromatic rings. The normalized spacial score (nSPS) is 26.2. The van der Waals surface area contributed by atoms with E-state index in [2.05, 4.69) is 45.0 Å². The molecule has 2 bridgehead atoms. The number of fused-ring (bicyclic) bond motifs is 2. The third-order valence-electron chi connectivity index (χ3n) is 8.14. The van der Waals surface area contributed by atoms with Gasteiger partial charge in [-0.2, -0.15) is 0 Å². The molecule has 2 fully saturated rings. The molecule has 0 heterocycles. The van der Waals surface area contributed by atoms with E-state index in [1.165, 1.54) is 24.8 Å².